The number of rotatable bonds is 2. The number of hydrogen-bond donors (Lipinski definition) is 1. The molecule has 2 heteroatoms. The lowest BCUT2D eigenvalue weighted by atomic mass is 10.1. The maximum absolute atomic E-state index is 9.26. The zero-order chi connectivity index (χ0) is 9.14. The summed E-state index contributed by atoms with van der Waals surface area (Å²) in [6, 6.07) is 5.47. The van der Waals surface area contributed by atoms with Gasteiger partial charge in [0.25, 0.3) is 0 Å². The van der Waals surface area contributed by atoms with Crippen LogP contribution in [0.4, 0.5) is 0 Å². The van der Waals surface area contributed by atoms with Gasteiger partial charge in [0.2, 0.25) is 0 Å². The molecule has 1 unspecified atom stereocenters. The highest BCUT2D eigenvalue weighted by molar-refractivity contribution is 6.31. The first-order valence-corrected chi connectivity index (χ1v) is 4.13. The Balaban J connectivity index is 3.11. The average Bonchev–Trinajstić information content (AvgIpc) is 2.03. The monoisotopic (exact) mass is 182 g/mol. The zero-order valence-electron chi connectivity index (χ0n) is 6.92. The molecule has 0 amide bonds. The quantitative estimate of drug-likeness (QED) is 0.746. The Bertz CT molecular complexity index is 292. The molecular formula is C10H11ClO. The van der Waals surface area contributed by atoms with Gasteiger partial charge in [0.05, 0.1) is 6.10 Å². The minimum atomic E-state index is -0.517. The molecule has 64 valence electrons. The third-order valence-corrected chi connectivity index (χ3v) is 2.04. The van der Waals surface area contributed by atoms with Gasteiger partial charge in [-0.2, -0.15) is 0 Å². The van der Waals surface area contributed by atoms with Crippen LogP contribution < -0.4 is 0 Å². The predicted octanol–water partition coefficient (Wildman–Crippen LogP) is 3.04. The smallest absolute Gasteiger partial charge is 0.0776 e. The van der Waals surface area contributed by atoms with E-state index in [0.29, 0.717) is 5.02 Å². The van der Waals surface area contributed by atoms with E-state index in [1.54, 1.807) is 19.1 Å². The van der Waals surface area contributed by atoms with E-state index < -0.39 is 6.10 Å². The molecule has 1 aromatic rings. The number of halogens is 1. The molecule has 1 nitrogen and oxygen atoms in total. The molecule has 0 aliphatic rings. The van der Waals surface area contributed by atoms with Crippen LogP contribution in [0.25, 0.3) is 6.08 Å². The normalized spacial score (nSPS) is 12.6. The summed E-state index contributed by atoms with van der Waals surface area (Å²) in [5, 5.41) is 9.84. The fourth-order valence-electron chi connectivity index (χ4n) is 1.01. The average molecular weight is 183 g/mol. The first kappa shape index (κ1) is 9.30. The molecule has 1 rings (SSSR count). The van der Waals surface area contributed by atoms with Crippen molar-refractivity contribution >= 4 is 17.7 Å². The lowest BCUT2D eigenvalue weighted by Crippen LogP contribution is -1.91. The van der Waals surface area contributed by atoms with Gasteiger partial charge in [0, 0.05) is 5.02 Å². The summed E-state index contributed by atoms with van der Waals surface area (Å²) in [5.74, 6) is 0. The van der Waals surface area contributed by atoms with Crippen molar-refractivity contribution < 1.29 is 5.11 Å². The van der Waals surface area contributed by atoms with Crippen LogP contribution in [0.5, 0.6) is 0 Å². The molecule has 0 fully saturated rings. The standard InChI is InChI=1S/C10H11ClO/c1-3-8-4-5-9(7(2)12)10(11)6-8/h3-7,12H,1H2,2H3. The minimum Gasteiger partial charge on any atom is -0.389 e. The summed E-state index contributed by atoms with van der Waals surface area (Å²) < 4.78 is 0. The topological polar surface area (TPSA) is 20.2 Å². The minimum absolute atomic E-state index is 0.517. The van der Waals surface area contributed by atoms with Gasteiger partial charge in [0.1, 0.15) is 0 Å². The molecule has 1 atom stereocenters. The lowest BCUT2D eigenvalue weighted by Gasteiger charge is -2.07. The molecule has 0 radical (unpaired) electrons. The number of hydrogen-bond acceptors (Lipinski definition) is 1. The fraction of sp³-hybridized carbons (Fsp3) is 0.200. The maximum atomic E-state index is 9.26. The Morgan fingerprint density at radius 1 is 1.58 bits per heavy atom. The van der Waals surface area contributed by atoms with E-state index in [9.17, 15) is 5.11 Å². The van der Waals surface area contributed by atoms with E-state index >= 15 is 0 Å². The molecule has 1 N–H and O–H groups in total. The molecule has 0 aliphatic carbocycles. The van der Waals surface area contributed by atoms with Gasteiger partial charge in [-0.1, -0.05) is 36.4 Å². The molecule has 0 saturated carbocycles. The van der Waals surface area contributed by atoms with E-state index in [2.05, 4.69) is 6.58 Å². The van der Waals surface area contributed by atoms with Crippen LogP contribution in [0.1, 0.15) is 24.2 Å². The van der Waals surface area contributed by atoms with Gasteiger partial charge in [-0.15, -0.1) is 0 Å². The van der Waals surface area contributed by atoms with Gasteiger partial charge in [0.15, 0.2) is 0 Å². The lowest BCUT2D eigenvalue weighted by molar-refractivity contribution is 0.199. The van der Waals surface area contributed by atoms with Crippen molar-refractivity contribution in [2.45, 2.75) is 13.0 Å². The van der Waals surface area contributed by atoms with Crippen LogP contribution >= 0.6 is 11.6 Å². The SMILES string of the molecule is C=Cc1ccc(C(C)O)c(Cl)c1. The maximum Gasteiger partial charge on any atom is 0.0776 e. The summed E-state index contributed by atoms with van der Waals surface area (Å²) in [5.41, 5.74) is 1.71. The highest BCUT2D eigenvalue weighted by atomic mass is 35.5. The van der Waals surface area contributed by atoms with Crippen LogP contribution in [0.3, 0.4) is 0 Å². The molecule has 1 aromatic carbocycles. The molecule has 0 spiro atoms. The van der Waals surface area contributed by atoms with Crippen LogP contribution in [0, 0.1) is 0 Å². The molecule has 0 saturated heterocycles. The third kappa shape index (κ3) is 1.87. The number of aliphatic hydroxyl groups is 1. The second kappa shape index (κ2) is 3.74. The van der Waals surface area contributed by atoms with Gasteiger partial charge >= 0.3 is 0 Å². The van der Waals surface area contributed by atoms with E-state index in [1.165, 1.54) is 0 Å². The van der Waals surface area contributed by atoms with Gasteiger partial charge in [-0.05, 0) is 24.1 Å². The zero-order valence-corrected chi connectivity index (χ0v) is 7.67. The van der Waals surface area contributed by atoms with Gasteiger partial charge in [-0.3, -0.25) is 0 Å². The van der Waals surface area contributed by atoms with Crippen molar-refractivity contribution in [3.63, 3.8) is 0 Å². The van der Waals surface area contributed by atoms with Crippen molar-refractivity contribution in [1.82, 2.24) is 0 Å². The predicted molar refractivity (Wildman–Crippen MR) is 52.2 cm³/mol. The molecular weight excluding hydrogens is 172 g/mol. The summed E-state index contributed by atoms with van der Waals surface area (Å²) in [4.78, 5) is 0. The Kier molecular flexibility index (Phi) is 2.90. The van der Waals surface area contributed by atoms with Crippen LogP contribution in [-0.4, -0.2) is 5.11 Å². The highest BCUT2D eigenvalue weighted by Gasteiger charge is 2.05. The molecule has 0 aromatic heterocycles. The van der Waals surface area contributed by atoms with E-state index in [1.807, 2.05) is 12.1 Å². The van der Waals surface area contributed by atoms with Gasteiger partial charge < -0.3 is 5.11 Å². The number of benzene rings is 1. The Morgan fingerprint density at radius 2 is 2.25 bits per heavy atom. The highest BCUT2D eigenvalue weighted by Crippen LogP contribution is 2.23. The van der Waals surface area contributed by atoms with E-state index in [0.717, 1.165) is 11.1 Å². The third-order valence-electron chi connectivity index (χ3n) is 1.71. The van der Waals surface area contributed by atoms with Crippen LogP contribution in [0.15, 0.2) is 24.8 Å². The van der Waals surface area contributed by atoms with Crippen molar-refractivity contribution in [1.29, 1.82) is 0 Å². The van der Waals surface area contributed by atoms with Crippen molar-refractivity contribution in [2.24, 2.45) is 0 Å². The van der Waals surface area contributed by atoms with Crippen LogP contribution in [0.2, 0.25) is 5.02 Å². The Labute approximate surface area is 77.3 Å². The van der Waals surface area contributed by atoms with E-state index in [-0.39, 0.29) is 0 Å². The fourth-order valence-corrected chi connectivity index (χ4v) is 1.36. The summed E-state index contributed by atoms with van der Waals surface area (Å²) in [6.07, 6.45) is 1.20. The molecule has 0 bridgehead atoms. The van der Waals surface area contributed by atoms with Gasteiger partial charge in [-0.25, -0.2) is 0 Å². The summed E-state index contributed by atoms with van der Waals surface area (Å²) >= 11 is 5.90. The summed E-state index contributed by atoms with van der Waals surface area (Å²) in [7, 11) is 0. The first-order chi connectivity index (χ1) is 5.65. The first-order valence-electron chi connectivity index (χ1n) is 3.75. The second-order valence-corrected chi connectivity index (χ2v) is 3.07. The number of aliphatic hydroxyl groups excluding tert-OH is 1. The summed E-state index contributed by atoms with van der Waals surface area (Å²) in [6.45, 7) is 5.31. The molecule has 12 heavy (non-hydrogen) atoms. The second-order valence-electron chi connectivity index (χ2n) is 2.66. The largest absolute Gasteiger partial charge is 0.389 e. The Hall–Kier alpha value is -0.790. The van der Waals surface area contributed by atoms with Crippen molar-refractivity contribution in [2.75, 3.05) is 0 Å². The molecule has 0 heterocycles. The van der Waals surface area contributed by atoms with Crippen molar-refractivity contribution in [3.8, 4) is 0 Å². The van der Waals surface area contributed by atoms with E-state index in [4.69, 9.17) is 11.6 Å². The van der Waals surface area contributed by atoms with Crippen molar-refractivity contribution in [3.05, 3.63) is 40.9 Å². The van der Waals surface area contributed by atoms with Crippen LogP contribution in [-0.2, 0) is 0 Å². The Morgan fingerprint density at radius 3 is 2.67 bits per heavy atom. The molecule has 0 aliphatic heterocycles.